The second-order valence-corrected chi connectivity index (χ2v) is 4.44. The Labute approximate surface area is 89.0 Å². The summed E-state index contributed by atoms with van der Waals surface area (Å²) in [6.45, 7) is 6.69. The Balaban J connectivity index is 4.84. The molecule has 0 rings (SSSR count). The first kappa shape index (κ1) is 13.8. The molecule has 0 aliphatic rings. The summed E-state index contributed by atoms with van der Waals surface area (Å²) in [4.78, 5) is 20.4. The van der Waals surface area contributed by atoms with Gasteiger partial charge in [0.15, 0.2) is 0 Å². The SMILES string of the molecule is CC(C)C(C[N+](=O)[O-])C(C(C)C)[N+](=O)[O-]. The highest BCUT2D eigenvalue weighted by molar-refractivity contribution is 4.74. The molecule has 88 valence electrons. The van der Waals surface area contributed by atoms with Gasteiger partial charge in [0, 0.05) is 15.8 Å². The van der Waals surface area contributed by atoms with E-state index in [9.17, 15) is 20.2 Å². The summed E-state index contributed by atoms with van der Waals surface area (Å²) in [5.74, 6) is -0.754. The summed E-state index contributed by atoms with van der Waals surface area (Å²) >= 11 is 0. The fourth-order valence-corrected chi connectivity index (χ4v) is 1.78. The molecular weight excluding hydrogens is 200 g/mol. The number of rotatable bonds is 6. The van der Waals surface area contributed by atoms with Gasteiger partial charge in [-0.1, -0.05) is 27.7 Å². The van der Waals surface area contributed by atoms with Crippen molar-refractivity contribution < 1.29 is 9.85 Å². The fourth-order valence-electron chi connectivity index (χ4n) is 1.78. The second kappa shape index (κ2) is 5.63. The minimum atomic E-state index is -0.838. The molecule has 2 atom stereocenters. The molecule has 0 fully saturated rings. The van der Waals surface area contributed by atoms with Crippen LogP contribution in [0.5, 0.6) is 0 Å². The molecule has 0 aliphatic heterocycles. The first-order valence-corrected chi connectivity index (χ1v) is 5.02. The predicted octanol–water partition coefficient (Wildman–Crippen LogP) is 1.84. The maximum Gasteiger partial charge on any atom is 0.224 e. The highest BCUT2D eigenvalue weighted by atomic mass is 16.6. The standard InChI is InChI=1S/C9H18N2O4/c1-6(2)8(5-10(12)13)9(7(3)4)11(14)15/h6-9H,5H2,1-4H3. The first-order chi connectivity index (χ1) is 6.77. The van der Waals surface area contributed by atoms with E-state index in [1.807, 2.05) is 0 Å². The second-order valence-electron chi connectivity index (χ2n) is 4.44. The lowest BCUT2D eigenvalue weighted by Gasteiger charge is -2.23. The molecule has 6 nitrogen and oxygen atoms in total. The molecule has 0 aromatic rings. The summed E-state index contributed by atoms with van der Waals surface area (Å²) in [6, 6.07) is -0.838. The third-order valence-electron chi connectivity index (χ3n) is 2.58. The molecule has 0 aromatic heterocycles. The minimum absolute atomic E-state index is 0.0619. The maximum atomic E-state index is 10.9. The van der Waals surface area contributed by atoms with E-state index in [1.165, 1.54) is 0 Å². The highest BCUT2D eigenvalue weighted by Crippen LogP contribution is 2.23. The van der Waals surface area contributed by atoms with Crippen LogP contribution in [-0.4, -0.2) is 22.4 Å². The summed E-state index contributed by atoms with van der Waals surface area (Å²) in [6.07, 6.45) is 0. The molecule has 6 heteroatoms. The van der Waals surface area contributed by atoms with Crippen LogP contribution in [0.2, 0.25) is 0 Å². The van der Waals surface area contributed by atoms with Crippen molar-refractivity contribution in [2.45, 2.75) is 33.7 Å². The molecule has 0 saturated heterocycles. The van der Waals surface area contributed by atoms with Gasteiger partial charge in [0.25, 0.3) is 0 Å². The number of nitrogens with zero attached hydrogens (tertiary/aromatic N) is 2. The van der Waals surface area contributed by atoms with E-state index < -0.39 is 21.8 Å². The van der Waals surface area contributed by atoms with Crippen LogP contribution in [-0.2, 0) is 0 Å². The lowest BCUT2D eigenvalue weighted by Crippen LogP contribution is -2.40. The minimum Gasteiger partial charge on any atom is -0.265 e. The van der Waals surface area contributed by atoms with E-state index in [1.54, 1.807) is 27.7 Å². The van der Waals surface area contributed by atoms with Crippen molar-refractivity contribution in [2.24, 2.45) is 17.8 Å². The zero-order valence-electron chi connectivity index (χ0n) is 9.54. The highest BCUT2D eigenvalue weighted by Gasteiger charge is 2.39. The van der Waals surface area contributed by atoms with Gasteiger partial charge in [0.05, 0.1) is 5.92 Å². The molecule has 0 aliphatic carbocycles. The van der Waals surface area contributed by atoms with Crippen LogP contribution < -0.4 is 0 Å². The van der Waals surface area contributed by atoms with Gasteiger partial charge in [-0.2, -0.15) is 0 Å². The van der Waals surface area contributed by atoms with E-state index in [0.29, 0.717) is 0 Å². The Morgan fingerprint density at radius 2 is 1.47 bits per heavy atom. The number of hydrogen-bond acceptors (Lipinski definition) is 4. The van der Waals surface area contributed by atoms with Gasteiger partial charge in [-0.3, -0.25) is 20.2 Å². The van der Waals surface area contributed by atoms with Crippen LogP contribution in [0.1, 0.15) is 27.7 Å². The fraction of sp³-hybridized carbons (Fsp3) is 1.00. The molecule has 15 heavy (non-hydrogen) atoms. The van der Waals surface area contributed by atoms with Crippen LogP contribution in [0.25, 0.3) is 0 Å². The Hall–Kier alpha value is -1.20. The van der Waals surface area contributed by atoms with E-state index in [-0.39, 0.29) is 18.4 Å². The van der Waals surface area contributed by atoms with E-state index >= 15 is 0 Å². The van der Waals surface area contributed by atoms with Gasteiger partial charge in [0.1, 0.15) is 0 Å². The Morgan fingerprint density at radius 1 is 1.00 bits per heavy atom. The van der Waals surface area contributed by atoms with Gasteiger partial charge < -0.3 is 0 Å². The van der Waals surface area contributed by atoms with Crippen molar-refractivity contribution in [2.75, 3.05) is 6.54 Å². The van der Waals surface area contributed by atoms with Gasteiger partial charge in [-0.25, -0.2) is 0 Å². The zero-order chi connectivity index (χ0) is 12.2. The van der Waals surface area contributed by atoms with Crippen LogP contribution >= 0.6 is 0 Å². The van der Waals surface area contributed by atoms with Gasteiger partial charge in [0.2, 0.25) is 12.6 Å². The lowest BCUT2D eigenvalue weighted by atomic mass is 9.83. The molecule has 0 bridgehead atoms. The molecule has 0 heterocycles. The summed E-state index contributed by atoms with van der Waals surface area (Å²) in [5.41, 5.74) is 0. The largest absolute Gasteiger partial charge is 0.265 e. The zero-order valence-corrected chi connectivity index (χ0v) is 9.54. The summed E-state index contributed by atoms with van der Waals surface area (Å²) in [7, 11) is 0. The average Bonchev–Trinajstić information content (AvgIpc) is 2.00. The molecule has 0 N–H and O–H groups in total. The Bertz CT molecular complexity index is 240. The molecule has 0 radical (unpaired) electrons. The van der Waals surface area contributed by atoms with Gasteiger partial charge in [-0.15, -0.1) is 0 Å². The number of nitro groups is 2. The molecular formula is C9H18N2O4. The lowest BCUT2D eigenvalue weighted by molar-refractivity contribution is -0.564. The maximum absolute atomic E-state index is 10.9. The van der Waals surface area contributed by atoms with E-state index in [2.05, 4.69) is 0 Å². The third kappa shape index (κ3) is 4.22. The van der Waals surface area contributed by atoms with Crippen molar-refractivity contribution in [3.05, 3.63) is 20.2 Å². The van der Waals surface area contributed by atoms with Crippen molar-refractivity contribution in [1.82, 2.24) is 0 Å². The smallest absolute Gasteiger partial charge is 0.224 e. The summed E-state index contributed by atoms with van der Waals surface area (Å²) in [5, 5.41) is 21.3. The van der Waals surface area contributed by atoms with Crippen molar-refractivity contribution in [1.29, 1.82) is 0 Å². The van der Waals surface area contributed by atoms with Crippen LogP contribution in [0.15, 0.2) is 0 Å². The van der Waals surface area contributed by atoms with E-state index in [0.717, 1.165) is 0 Å². The summed E-state index contributed by atoms with van der Waals surface area (Å²) < 4.78 is 0. The van der Waals surface area contributed by atoms with Gasteiger partial charge >= 0.3 is 0 Å². The number of hydrogen-bond donors (Lipinski definition) is 0. The molecule has 0 aromatic carbocycles. The van der Waals surface area contributed by atoms with Crippen LogP contribution in [0.4, 0.5) is 0 Å². The topological polar surface area (TPSA) is 86.3 Å². The van der Waals surface area contributed by atoms with Crippen molar-refractivity contribution in [3.8, 4) is 0 Å². The van der Waals surface area contributed by atoms with Gasteiger partial charge in [-0.05, 0) is 5.92 Å². The van der Waals surface area contributed by atoms with Crippen LogP contribution in [0.3, 0.4) is 0 Å². The van der Waals surface area contributed by atoms with Crippen molar-refractivity contribution >= 4 is 0 Å². The molecule has 2 unspecified atom stereocenters. The Morgan fingerprint density at radius 3 is 1.67 bits per heavy atom. The quantitative estimate of drug-likeness (QED) is 0.502. The van der Waals surface area contributed by atoms with Crippen molar-refractivity contribution in [3.63, 3.8) is 0 Å². The normalized spacial score (nSPS) is 15.3. The first-order valence-electron chi connectivity index (χ1n) is 5.02. The predicted molar refractivity (Wildman–Crippen MR) is 55.8 cm³/mol. The average molecular weight is 218 g/mol. The van der Waals surface area contributed by atoms with E-state index in [4.69, 9.17) is 0 Å². The molecule has 0 saturated carbocycles. The molecule has 0 spiro atoms. The molecule has 0 amide bonds. The monoisotopic (exact) mass is 218 g/mol. The van der Waals surface area contributed by atoms with Crippen LogP contribution in [0, 0.1) is 38.0 Å². The third-order valence-corrected chi connectivity index (χ3v) is 2.58. The Kier molecular flexibility index (Phi) is 5.18.